The number of hydrogen-bond donors (Lipinski definition) is 0. The molecule has 2 fully saturated rings. The van der Waals surface area contributed by atoms with E-state index in [0.717, 1.165) is 52.2 Å². The van der Waals surface area contributed by atoms with Crippen LogP contribution in [0.4, 0.5) is 0 Å². The van der Waals surface area contributed by atoms with E-state index in [1.54, 1.807) is 0 Å². The van der Waals surface area contributed by atoms with Gasteiger partial charge >= 0.3 is 0 Å². The van der Waals surface area contributed by atoms with E-state index in [2.05, 4.69) is 170 Å². The van der Waals surface area contributed by atoms with Gasteiger partial charge < -0.3 is 13.6 Å². The number of benzene rings is 3. The molecule has 0 unspecified atom stereocenters. The Kier molecular flexibility index (Phi) is 17.6. The smallest absolute Gasteiger partial charge is 0.236 e. The highest BCUT2D eigenvalue weighted by Crippen LogP contribution is 2.54. The lowest BCUT2D eigenvalue weighted by atomic mass is 9.59. The highest BCUT2D eigenvalue weighted by molar-refractivity contribution is 9.11. The second-order valence-electron chi connectivity index (χ2n) is 21.4. The average Bonchev–Trinajstić information content (AvgIpc) is 4.04. The number of hydrogen-bond acceptors (Lipinski definition) is 3. The van der Waals surface area contributed by atoms with Gasteiger partial charge in [0, 0.05) is 5.41 Å². The van der Waals surface area contributed by atoms with Crippen molar-refractivity contribution in [2.45, 2.75) is 206 Å². The van der Waals surface area contributed by atoms with Crippen LogP contribution in [0.5, 0.6) is 5.75 Å². The first kappa shape index (κ1) is 49.8. The maximum atomic E-state index is 6.98. The first-order valence-corrected chi connectivity index (χ1v) is 26.9. The normalized spacial score (nSPS) is 18.2. The molecule has 2 aliphatic carbocycles. The van der Waals surface area contributed by atoms with Crippen molar-refractivity contribution in [3.63, 3.8) is 0 Å². The third-order valence-corrected chi connectivity index (χ3v) is 17.0. The van der Waals surface area contributed by atoms with Crippen LogP contribution in [0.1, 0.15) is 196 Å². The van der Waals surface area contributed by atoms with E-state index >= 15 is 0 Å². The Balaban J connectivity index is 1.34. The summed E-state index contributed by atoms with van der Waals surface area (Å²) < 4.78 is 22.7. The summed E-state index contributed by atoms with van der Waals surface area (Å²) in [5.41, 5.74) is 6.98. The van der Waals surface area contributed by atoms with Crippen LogP contribution in [0.2, 0.25) is 10.1 Å². The molecule has 0 saturated heterocycles. The van der Waals surface area contributed by atoms with Gasteiger partial charge in [-0.05, 0) is 184 Å². The minimum atomic E-state index is -0.443. The standard InChI is InChI=1S/C53H78Br2O3Si2/c1-13-15-17-18-37-19-21-38(22-20-37)39-23-25-40(26-24-39)42-29-30-44(45(34-42)41-27-28-41)43-35-46(54)48(47(55)36-43)56-33-32-53(31-16-14-2,51(9,10)57-59-49(3,4)5)52(11,12)58-60-50(6,7)8/h23-26,29-30,34-38,41H,13-22,27-28,31-33H2,1-12H3. The lowest BCUT2D eigenvalue weighted by Crippen LogP contribution is -2.61. The van der Waals surface area contributed by atoms with Crippen LogP contribution in [0, 0.1) is 11.3 Å². The highest BCUT2D eigenvalue weighted by atomic mass is 79.9. The van der Waals surface area contributed by atoms with Gasteiger partial charge in [0.25, 0.3) is 0 Å². The molecule has 2 saturated carbocycles. The quantitative estimate of drug-likeness (QED) is 0.0786. The maximum Gasteiger partial charge on any atom is 0.236 e. The Bertz CT molecular complexity index is 1760. The van der Waals surface area contributed by atoms with Crippen molar-refractivity contribution in [3.8, 4) is 28.0 Å². The minimum absolute atomic E-state index is 0.0807. The fourth-order valence-electron chi connectivity index (χ4n) is 9.62. The summed E-state index contributed by atoms with van der Waals surface area (Å²) in [5.74, 6) is 3.14. The van der Waals surface area contributed by atoms with Gasteiger partial charge in [-0.25, -0.2) is 0 Å². The molecule has 5 rings (SSSR count). The van der Waals surface area contributed by atoms with E-state index in [-0.39, 0.29) is 15.5 Å². The summed E-state index contributed by atoms with van der Waals surface area (Å²) in [5, 5.41) is 0.161. The summed E-state index contributed by atoms with van der Waals surface area (Å²) in [6, 6.07) is 21.3. The van der Waals surface area contributed by atoms with Crippen LogP contribution in [0.15, 0.2) is 63.5 Å². The molecule has 0 amide bonds. The molecule has 0 heterocycles. The molecule has 3 nitrogen and oxygen atoms in total. The first-order valence-electron chi connectivity index (χ1n) is 23.5. The third kappa shape index (κ3) is 13.2. The molecule has 0 aromatic heterocycles. The lowest BCUT2D eigenvalue weighted by molar-refractivity contribution is -0.158. The van der Waals surface area contributed by atoms with Gasteiger partial charge in [0.1, 0.15) is 5.75 Å². The Labute approximate surface area is 389 Å². The van der Waals surface area contributed by atoms with Gasteiger partial charge in [0.15, 0.2) is 0 Å². The first-order chi connectivity index (χ1) is 28.2. The Morgan fingerprint density at radius 3 is 1.63 bits per heavy atom. The van der Waals surface area contributed by atoms with E-state index in [1.807, 2.05) is 0 Å². The zero-order valence-electron chi connectivity index (χ0n) is 39.5. The monoisotopic (exact) mass is 976 g/mol. The molecule has 0 spiro atoms. The Morgan fingerprint density at radius 1 is 0.583 bits per heavy atom. The topological polar surface area (TPSA) is 27.7 Å². The average molecular weight is 979 g/mol. The molecule has 0 atom stereocenters. The van der Waals surface area contributed by atoms with E-state index in [0.29, 0.717) is 32.1 Å². The van der Waals surface area contributed by atoms with E-state index < -0.39 is 11.2 Å². The van der Waals surface area contributed by atoms with Gasteiger partial charge in [0.05, 0.1) is 26.8 Å². The van der Waals surface area contributed by atoms with E-state index in [4.69, 9.17) is 13.6 Å². The molecule has 0 aliphatic heterocycles. The molecular weight excluding hydrogens is 901 g/mol. The fraction of sp³-hybridized carbons (Fsp3) is 0.660. The van der Waals surface area contributed by atoms with Gasteiger partial charge in [-0.3, -0.25) is 0 Å². The van der Waals surface area contributed by atoms with E-state index in [1.165, 1.54) is 97.6 Å². The van der Waals surface area contributed by atoms with Gasteiger partial charge in [0.2, 0.25) is 19.5 Å². The van der Waals surface area contributed by atoms with Crippen LogP contribution in [-0.4, -0.2) is 37.3 Å². The molecule has 7 heteroatoms. The molecule has 60 heavy (non-hydrogen) atoms. The van der Waals surface area contributed by atoms with E-state index in [9.17, 15) is 0 Å². The molecule has 3 aromatic rings. The van der Waals surface area contributed by atoms with Gasteiger partial charge in [-0.2, -0.15) is 0 Å². The van der Waals surface area contributed by atoms with Crippen LogP contribution in [-0.2, 0) is 8.85 Å². The van der Waals surface area contributed by atoms with Crippen LogP contribution in [0.25, 0.3) is 22.3 Å². The number of unbranched alkanes of at least 4 members (excludes halogenated alkanes) is 3. The van der Waals surface area contributed by atoms with Crippen molar-refractivity contribution in [2.24, 2.45) is 11.3 Å². The largest absolute Gasteiger partial charge is 0.491 e. The predicted molar refractivity (Wildman–Crippen MR) is 267 cm³/mol. The second-order valence-corrected chi connectivity index (χ2v) is 26.9. The second kappa shape index (κ2) is 21.2. The minimum Gasteiger partial charge on any atom is -0.491 e. The third-order valence-electron chi connectivity index (χ3n) is 13.4. The molecule has 0 N–H and O–H groups in total. The van der Waals surface area contributed by atoms with Crippen molar-refractivity contribution in [1.29, 1.82) is 0 Å². The zero-order chi connectivity index (χ0) is 43.9. The number of ether oxygens (including phenoxy) is 1. The Hall–Kier alpha value is -1.23. The predicted octanol–water partition coefficient (Wildman–Crippen LogP) is 17.5. The Morgan fingerprint density at radius 2 is 1.12 bits per heavy atom. The van der Waals surface area contributed by atoms with Crippen LogP contribution in [0.3, 0.4) is 0 Å². The summed E-state index contributed by atoms with van der Waals surface area (Å²) in [6.07, 6.45) is 17.6. The van der Waals surface area contributed by atoms with Crippen molar-refractivity contribution >= 4 is 51.4 Å². The van der Waals surface area contributed by atoms with Crippen molar-refractivity contribution in [3.05, 3.63) is 74.7 Å². The molecule has 4 radical (unpaired) electrons. The van der Waals surface area contributed by atoms with Crippen LogP contribution >= 0.6 is 31.9 Å². The zero-order valence-corrected chi connectivity index (χ0v) is 44.7. The lowest BCUT2D eigenvalue weighted by Gasteiger charge is -2.56. The summed E-state index contributed by atoms with van der Waals surface area (Å²) in [4.78, 5) is 0. The van der Waals surface area contributed by atoms with Crippen LogP contribution < -0.4 is 4.74 Å². The number of rotatable bonds is 21. The SMILES string of the molecule is CCCCCC1CCC(c2ccc(-c3ccc(-c4cc(Br)c(OCCC(CCCC)(C(C)(C)O[Si]C(C)(C)C)C(C)(C)O[Si]C(C)(C)C)c(Br)c4)c(C4CC4)c3)cc2)CC1. The fourth-order valence-corrected chi connectivity index (χ4v) is 12.6. The highest BCUT2D eigenvalue weighted by Gasteiger charge is 2.56. The summed E-state index contributed by atoms with van der Waals surface area (Å²) in [7, 11) is 0.764. The summed E-state index contributed by atoms with van der Waals surface area (Å²) >= 11 is 7.95. The molecule has 3 aromatic carbocycles. The van der Waals surface area contributed by atoms with Gasteiger partial charge in [-0.15, -0.1) is 0 Å². The molecule has 330 valence electrons. The summed E-state index contributed by atoms with van der Waals surface area (Å²) in [6.45, 7) is 27.9. The van der Waals surface area contributed by atoms with Gasteiger partial charge in [-0.1, -0.05) is 136 Å². The van der Waals surface area contributed by atoms with Crippen molar-refractivity contribution in [1.82, 2.24) is 0 Å². The maximum absolute atomic E-state index is 6.98. The molecule has 2 aliphatic rings. The van der Waals surface area contributed by atoms with Crippen molar-refractivity contribution < 1.29 is 13.6 Å². The molecule has 0 bridgehead atoms. The van der Waals surface area contributed by atoms with Crippen molar-refractivity contribution in [2.75, 3.05) is 6.61 Å². The number of halogens is 2. The molecular formula is C53H78Br2O3Si2.